The Morgan fingerprint density at radius 1 is 1.30 bits per heavy atom. The van der Waals surface area contributed by atoms with Gasteiger partial charge in [-0.2, -0.15) is 0 Å². The molecule has 7 heteroatoms. The van der Waals surface area contributed by atoms with Crippen LogP contribution in [-0.4, -0.2) is 46.4 Å². The molecule has 1 saturated carbocycles. The summed E-state index contributed by atoms with van der Waals surface area (Å²) in [4.78, 5) is 34.5. The molecule has 1 fully saturated rings. The summed E-state index contributed by atoms with van der Waals surface area (Å²) in [7, 11) is 0. The number of allylic oxidation sites excluding steroid dienone is 1. The average molecular weight is 328 g/mol. The largest absolute Gasteiger partial charge is 0.481 e. The van der Waals surface area contributed by atoms with E-state index in [-0.39, 0.29) is 31.7 Å². The van der Waals surface area contributed by atoms with Crippen molar-refractivity contribution in [3.63, 3.8) is 0 Å². The predicted octanol–water partition coefficient (Wildman–Crippen LogP) is 2.00. The summed E-state index contributed by atoms with van der Waals surface area (Å²) in [6.07, 6.45) is 0.796. The first-order chi connectivity index (χ1) is 10.7. The predicted molar refractivity (Wildman–Crippen MR) is 80.9 cm³/mol. The van der Waals surface area contributed by atoms with E-state index in [0.29, 0.717) is 18.4 Å². The van der Waals surface area contributed by atoms with E-state index in [1.165, 1.54) is 6.92 Å². The Balaban J connectivity index is 2.71. The van der Waals surface area contributed by atoms with Gasteiger partial charge in [-0.05, 0) is 38.7 Å². The van der Waals surface area contributed by atoms with Crippen molar-refractivity contribution in [2.24, 2.45) is 5.92 Å². The zero-order valence-electron chi connectivity index (χ0n) is 13.5. The van der Waals surface area contributed by atoms with Gasteiger partial charge in [-0.25, -0.2) is 4.79 Å². The highest BCUT2D eigenvalue weighted by Crippen LogP contribution is 2.38. The molecule has 0 aromatic carbocycles. The summed E-state index contributed by atoms with van der Waals surface area (Å²) in [6.45, 7) is 6.69. The van der Waals surface area contributed by atoms with Crippen LogP contribution in [0, 0.1) is 5.92 Å². The molecule has 0 saturated heterocycles. The van der Waals surface area contributed by atoms with Gasteiger partial charge in [-0.3, -0.25) is 9.59 Å². The molecule has 0 bridgehead atoms. The maximum atomic E-state index is 11.7. The molecule has 7 nitrogen and oxygen atoms in total. The second-order valence-electron chi connectivity index (χ2n) is 5.84. The van der Waals surface area contributed by atoms with Gasteiger partial charge in [-0.15, -0.1) is 0 Å². The fourth-order valence-corrected chi connectivity index (χ4v) is 2.77. The average Bonchev–Trinajstić information content (AvgIpc) is 2.46. The molecule has 23 heavy (non-hydrogen) atoms. The Morgan fingerprint density at radius 2 is 1.96 bits per heavy atom. The first kappa shape index (κ1) is 19.3. The number of hydrogen-bond donors (Lipinski definition) is 2. The molecule has 3 unspecified atom stereocenters. The summed E-state index contributed by atoms with van der Waals surface area (Å²) in [5.74, 6) is -3.74. The number of ketones is 1. The van der Waals surface area contributed by atoms with Crippen molar-refractivity contribution in [3.8, 4) is 0 Å². The zero-order valence-corrected chi connectivity index (χ0v) is 13.5. The fraction of sp³-hybridized carbons (Fsp3) is 0.688. The molecule has 1 aliphatic carbocycles. The first-order valence-electron chi connectivity index (χ1n) is 7.65. The van der Waals surface area contributed by atoms with Crippen LogP contribution in [0.3, 0.4) is 0 Å². The minimum Gasteiger partial charge on any atom is -0.481 e. The number of rotatable bonds is 9. The van der Waals surface area contributed by atoms with Crippen LogP contribution in [0.25, 0.3) is 0 Å². The molecule has 0 spiro atoms. The summed E-state index contributed by atoms with van der Waals surface area (Å²) >= 11 is 0. The summed E-state index contributed by atoms with van der Waals surface area (Å²) in [5.41, 5.74) is -1.37. The lowest BCUT2D eigenvalue weighted by Crippen LogP contribution is -2.54. The first-order valence-corrected chi connectivity index (χ1v) is 7.65. The van der Waals surface area contributed by atoms with Crippen molar-refractivity contribution in [1.29, 1.82) is 0 Å². The van der Waals surface area contributed by atoms with Gasteiger partial charge in [0.25, 0.3) is 0 Å². The van der Waals surface area contributed by atoms with Gasteiger partial charge >= 0.3 is 11.9 Å². The third-order valence-electron chi connectivity index (χ3n) is 4.05. The molecule has 2 N–H and O–H groups in total. The van der Waals surface area contributed by atoms with Crippen LogP contribution in [0.5, 0.6) is 0 Å². The molecular formula is C16H24O7. The monoisotopic (exact) mass is 328 g/mol. The third-order valence-corrected chi connectivity index (χ3v) is 4.05. The van der Waals surface area contributed by atoms with E-state index in [2.05, 4.69) is 6.58 Å². The number of carboxylic acids is 2. The van der Waals surface area contributed by atoms with Crippen molar-refractivity contribution >= 4 is 17.7 Å². The van der Waals surface area contributed by atoms with Gasteiger partial charge in [0, 0.05) is 6.42 Å². The van der Waals surface area contributed by atoms with Crippen LogP contribution in [-0.2, 0) is 23.9 Å². The van der Waals surface area contributed by atoms with E-state index in [1.54, 1.807) is 6.92 Å². The number of carboxylic acid groups (broad SMARTS) is 2. The molecule has 0 amide bonds. The van der Waals surface area contributed by atoms with Gasteiger partial charge in [0.2, 0.25) is 0 Å². The molecule has 0 aromatic heterocycles. The zero-order chi connectivity index (χ0) is 17.6. The Bertz CT molecular complexity index is 485. The van der Waals surface area contributed by atoms with E-state index in [0.717, 1.165) is 0 Å². The maximum absolute atomic E-state index is 11.7. The van der Waals surface area contributed by atoms with Crippen LogP contribution in [0.1, 0.15) is 46.0 Å². The number of Topliss-reactive ketones (excluding diaryl/α,β-unsaturated/α-hetero) is 1. The lowest BCUT2D eigenvalue weighted by molar-refractivity contribution is -0.237. The third kappa shape index (κ3) is 4.87. The smallest absolute Gasteiger partial charge is 0.337 e. The Labute approximate surface area is 135 Å². The van der Waals surface area contributed by atoms with E-state index >= 15 is 0 Å². The molecule has 0 radical (unpaired) electrons. The second kappa shape index (κ2) is 8.21. The van der Waals surface area contributed by atoms with Gasteiger partial charge in [0.15, 0.2) is 17.7 Å². The SMILES string of the molecule is C=C(C)C(=O)CCOC(C)OC1(C(=O)O)CCCCC1C(=O)O. The van der Waals surface area contributed by atoms with Gasteiger partial charge in [0.1, 0.15) is 0 Å². The number of aliphatic carboxylic acids is 2. The van der Waals surface area contributed by atoms with Crippen molar-refractivity contribution < 1.29 is 34.1 Å². The molecule has 0 aromatic rings. The Hall–Kier alpha value is -1.73. The van der Waals surface area contributed by atoms with Crippen molar-refractivity contribution in [3.05, 3.63) is 12.2 Å². The van der Waals surface area contributed by atoms with Crippen LogP contribution >= 0.6 is 0 Å². The van der Waals surface area contributed by atoms with Gasteiger partial charge in [-0.1, -0.05) is 13.0 Å². The Morgan fingerprint density at radius 3 is 2.48 bits per heavy atom. The molecule has 1 rings (SSSR count). The lowest BCUT2D eigenvalue weighted by Gasteiger charge is -2.39. The molecular weight excluding hydrogens is 304 g/mol. The quantitative estimate of drug-likeness (QED) is 0.492. The molecule has 3 atom stereocenters. The molecule has 130 valence electrons. The Kier molecular flexibility index (Phi) is 6.90. The van der Waals surface area contributed by atoms with Gasteiger partial charge in [0.05, 0.1) is 12.5 Å². The minimum absolute atomic E-state index is 0.0559. The summed E-state index contributed by atoms with van der Waals surface area (Å²) in [5, 5.41) is 18.8. The van der Waals surface area contributed by atoms with E-state index in [1.807, 2.05) is 0 Å². The number of hydrogen-bond acceptors (Lipinski definition) is 5. The normalized spacial score (nSPS) is 25.6. The fourth-order valence-electron chi connectivity index (χ4n) is 2.77. The topological polar surface area (TPSA) is 110 Å². The number of ether oxygens (including phenoxy) is 2. The van der Waals surface area contributed by atoms with Gasteiger partial charge < -0.3 is 19.7 Å². The van der Waals surface area contributed by atoms with Crippen LogP contribution in [0.4, 0.5) is 0 Å². The molecule has 0 heterocycles. The van der Waals surface area contributed by atoms with Crippen molar-refractivity contribution in [2.45, 2.75) is 57.8 Å². The van der Waals surface area contributed by atoms with E-state index in [4.69, 9.17) is 9.47 Å². The minimum atomic E-state index is -1.79. The highest BCUT2D eigenvalue weighted by atomic mass is 16.7. The highest BCUT2D eigenvalue weighted by Gasteiger charge is 2.53. The lowest BCUT2D eigenvalue weighted by atomic mass is 9.75. The van der Waals surface area contributed by atoms with Crippen molar-refractivity contribution in [1.82, 2.24) is 0 Å². The van der Waals surface area contributed by atoms with Crippen LogP contribution in [0.2, 0.25) is 0 Å². The maximum Gasteiger partial charge on any atom is 0.337 e. The second-order valence-corrected chi connectivity index (χ2v) is 5.84. The van der Waals surface area contributed by atoms with Crippen LogP contribution in [0.15, 0.2) is 12.2 Å². The number of carbonyl (C=O) groups is 3. The standard InChI is InChI=1S/C16H24O7/c1-10(2)13(17)7-9-22-11(3)23-16(15(20)21)8-5-4-6-12(16)14(18)19/h11-12H,1,4-9H2,2-3H3,(H,18,19)(H,20,21). The molecule has 0 aliphatic heterocycles. The summed E-state index contributed by atoms with van der Waals surface area (Å²) in [6, 6.07) is 0. The highest BCUT2D eigenvalue weighted by molar-refractivity contribution is 5.94. The number of carbonyl (C=O) groups excluding carboxylic acids is 1. The van der Waals surface area contributed by atoms with Crippen molar-refractivity contribution in [2.75, 3.05) is 6.61 Å². The summed E-state index contributed by atoms with van der Waals surface area (Å²) < 4.78 is 10.8. The van der Waals surface area contributed by atoms with E-state index in [9.17, 15) is 24.6 Å². The van der Waals surface area contributed by atoms with E-state index < -0.39 is 29.7 Å². The van der Waals surface area contributed by atoms with Crippen LogP contribution < -0.4 is 0 Å². The molecule has 1 aliphatic rings.